The Morgan fingerprint density at radius 3 is 2.37 bits per heavy atom. The molecule has 3 fully saturated rings. The molecule has 0 aromatic carbocycles. The third-order valence-corrected chi connectivity index (χ3v) is 12.2. The van der Waals surface area contributed by atoms with Gasteiger partial charge >= 0.3 is 0 Å². The topological polar surface area (TPSA) is 20.2 Å². The average Bonchev–Trinajstić information content (AvgIpc) is 2.95. The number of hydrogen-bond donors (Lipinski definition) is 1. The van der Waals surface area contributed by atoms with Crippen molar-refractivity contribution >= 4 is 0 Å². The van der Waals surface area contributed by atoms with Crippen LogP contribution in [-0.2, 0) is 0 Å². The summed E-state index contributed by atoms with van der Waals surface area (Å²) in [4.78, 5) is 0. The molecule has 1 nitrogen and oxygen atoms in total. The molecule has 0 aromatic heterocycles. The molecule has 4 aliphatic rings. The van der Waals surface area contributed by atoms with Crippen LogP contribution in [-0.4, -0.2) is 11.2 Å². The van der Waals surface area contributed by atoms with Gasteiger partial charge < -0.3 is 5.11 Å². The van der Waals surface area contributed by atoms with E-state index in [-0.39, 0.29) is 11.5 Å². The van der Waals surface area contributed by atoms with Crippen LogP contribution in [0.5, 0.6) is 0 Å². The normalized spacial score (nSPS) is 50.6. The predicted octanol–water partition coefficient (Wildman–Crippen LogP) is 8.31. The second-order valence-electron chi connectivity index (χ2n) is 13.6. The zero-order chi connectivity index (χ0) is 22.0. The van der Waals surface area contributed by atoms with Crippen molar-refractivity contribution in [1.29, 1.82) is 0 Å². The minimum Gasteiger partial charge on any atom is -0.393 e. The Balaban J connectivity index is 1.62. The van der Waals surface area contributed by atoms with Gasteiger partial charge in [0, 0.05) is 0 Å². The lowest BCUT2D eigenvalue weighted by Gasteiger charge is -2.70. The molecular formula is C29H50O. The largest absolute Gasteiger partial charge is 0.393 e. The molecule has 0 spiro atoms. The average molecular weight is 415 g/mol. The molecule has 4 rings (SSSR count). The molecule has 3 saturated carbocycles. The number of unbranched alkanes of at least 4 members (excludes halogenated alkanes) is 1. The summed E-state index contributed by atoms with van der Waals surface area (Å²) >= 11 is 0. The molecule has 0 aliphatic heterocycles. The standard InChI is InChI=1S/C29H50O/c1-21(2)10-8-9-14-25(3)15-13-24-27(25,5)18-19-29(7)26(4)17-12-23(30)20-22(26)11-16-28(24,29)6/h11,21,23-24,30H,8-10,12-20H2,1-7H3/t23-,24+,25-,26-,27-,28-,29+/m0/s1. The van der Waals surface area contributed by atoms with Crippen molar-refractivity contribution in [3.63, 3.8) is 0 Å². The number of hydrogen-bond acceptors (Lipinski definition) is 1. The maximum Gasteiger partial charge on any atom is 0.0577 e. The van der Waals surface area contributed by atoms with E-state index in [9.17, 15) is 5.11 Å². The van der Waals surface area contributed by atoms with E-state index in [1.165, 1.54) is 64.2 Å². The molecule has 0 heterocycles. The van der Waals surface area contributed by atoms with Gasteiger partial charge in [-0.1, -0.05) is 79.4 Å². The molecule has 4 aliphatic carbocycles. The van der Waals surface area contributed by atoms with E-state index in [1.54, 1.807) is 5.57 Å². The molecule has 0 bridgehead atoms. The van der Waals surface area contributed by atoms with E-state index in [2.05, 4.69) is 54.5 Å². The second kappa shape index (κ2) is 7.36. The highest BCUT2D eigenvalue weighted by Crippen LogP contribution is 2.78. The first-order valence-corrected chi connectivity index (χ1v) is 13.3. The summed E-state index contributed by atoms with van der Waals surface area (Å²) < 4.78 is 0. The van der Waals surface area contributed by atoms with E-state index in [4.69, 9.17) is 0 Å². The van der Waals surface area contributed by atoms with E-state index in [0.29, 0.717) is 21.7 Å². The SMILES string of the molecule is CC(C)CCCC[C@@]1(C)CC[C@@H]2[C@]1(C)CC[C@]1(C)[C@@]3(C)CC[C@H](O)CC3=CC[C@@]21C. The highest BCUT2D eigenvalue weighted by atomic mass is 16.3. The number of rotatable bonds is 5. The van der Waals surface area contributed by atoms with Crippen molar-refractivity contribution in [3.05, 3.63) is 11.6 Å². The first kappa shape index (κ1) is 22.9. The summed E-state index contributed by atoms with van der Waals surface area (Å²) in [6.07, 6.45) is 18.2. The minimum absolute atomic E-state index is 0.105. The number of allylic oxidation sites excluding steroid dienone is 1. The molecule has 1 N–H and O–H groups in total. The van der Waals surface area contributed by atoms with Crippen LogP contribution in [0.3, 0.4) is 0 Å². The van der Waals surface area contributed by atoms with Crippen LogP contribution >= 0.6 is 0 Å². The Hall–Kier alpha value is -0.300. The van der Waals surface area contributed by atoms with Gasteiger partial charge in [0.25, 0.3) is 0 Å². The molecule has 0 aromatic rings. The van der Waals surface area contributed by atoms with Gasteiger partial charge in [0.15, 0.2) is 0 Å². The van der Waals surface area contributed by atoms with Gasteiger partial charge in [-0.2, -0.15) is 0 Å². The monoisotopic (exact) mass is 414 g/mol. The van der Waals surface area contributed by atoms with Crippen LogP contribution in [0, 0.1) is 38.9 Å². The Bertz CT molecular complexity index is 692. The molecule has 30 heavy (non-hydrogen) atoms. The third-order valence-electron chi connectivity index (χ3n) is 12.2. The molecule has 172 valence electrons. The zero-order valence-electron chi connectivity index (χ0n) is 21.2. The fourth-order valence-electron chi connectivity index (χ4n) is 9.39. The summed E-state index contributed by atoms with van der Waals surface area (Å²) in [5, 5.41) is 10.4. The lowest BCUT2D eigenvalue weighted by atomic mass is 9.34. The smallest absolute Gasteiger partial charge is 0.0577 e. The van der Waals surface area contributed by atoms with E-state index in [0.717, 1.165) is 24.7 Å². The zero-order valence-corrected chi connectivity index (χ0v) is 21.2. The van der Waals surface area contributed by atoms with Crippen LogP contribution in [0.4, 0.5) is 0 Å². The lowest BCUT2D eigenvalue weighted by Crippen LogP contribution is -2.62. The predicted molar refractivity (Wildman–Crippen MR) is 128 cm³/mol. The van der Waals surface area contributed by atoms with Crippen LogP contribution in [0.1, 0.15) is 126 Å². The number of aliphatic hydroxyl groups is 1. The summed E-state index contributed by atoms with van der Waals surface area (Å²) in [7, 11) is 0. The van der Waals surface area contributed by atoms with E-state index < -0.39 is 0 Å². The Morgan fingerprint density at radius 2 is 1.67 bits per heavy atom. The highest BCUT2D eigenvalue weighted by molar-refractivity contribution is 5.32. The van der Waals surface area contributed by atoms with Crippen molar-refractivity contribution in [2.75, 3.05) is 0 Å². The van der Waals surface area contributed by atoms with Gasteiger partial charge in [0.2, 0.25) is 0 Å². The molecule has 0 unspecified atom stereocenters. The fourth-order valence-corrected chi connectivity index (χ4v) is 9.39. The van der Waals surface area contributed by atoms with Gasteiger partial charge in [0.05, 0.1) is 6.10 Å². The molecular weight excluding hydrogens is 364 g/mol. The highest BCUT2D eigenvalue weighted by Gasteiger charge is 2.70. The van der Waals surface area contributed by atoms with Crippen molar-refractivity contribution in [3.8, 4) is 0 Å². The van der Waals surface area contributed by atoms with Gasteiger partial charge in [0.1, 0.15) is 0 Å². The fraction of sp³-hybridized carbons (Fsp3) is 0.931. The Labute approximate surface area is 187 Å². The molecule has 1 heteroatoms. The molecule has 0 amide bonds. The summed E-state index contributed by atoms with van der Waals surface area (Å²) in [6.45, 7) is 18.0. The van der Waals surface area contributed by atoms with Crippen molar-refractivity contribution < 1.29 is 5.11 Å². The Kier molecular flexibility index (Phi) is 5.61. The van der Waals surface area contributed by atoms with Gasteiger partial charge in [-0.25, -0.2) is 0 Å². The quantitative estimate of drug-likeness (QED) is 0.354. The number of fused-ring (bicyclic) bond motifs is 5. The first-order valence-electron chi connectivity index (χ1n) is 13.3. The van der Waals surface area contributed by atoms with Crippen molar-refractivity contribution in [1.82, 2.24) is 0 Å². The van der Waals surface area contributed by atoms with Crippen LogP contribution < -0.4 is 0 Å². The van der Waals surface area contributed by atoms with Crippen LogP contribution in [0.15, 0.2) is 11.6 Å². The van der Waals surface area contributed by atoms with E-state index >= 15 is 0 Å². The molecule has 7 atom stereocenters. The van der Waals surface area contributed by atoms with Crippen molar-refractivity contribution in [2.24, 2.45) is 38.9 Å². The molecule has 0 radical (unpaired) electrons. The number of aliphatic hydroxyl groups excluding tert-OH is 1. The first-order chi connectivity index (χ1) is 13.9. The lowest BCUT2D eigenvalue weighted by molar-refractivity contribution is -0.184. The van der Waals surface area contributed by atoms with Crippen LogP contribution in [0.25, 0.3) is 0 Å². The molecule has 0 saturated heterocycles. The summed E-state index contributed by atoms with van der Waals surface area (Å²) in [5.74, 6) is 1.69. The maximum absolute atomic E-state index is 10.4. The minimum atomic E-state index is -0.105. The van der Waals surface area contributed by atoms with Gasteiger partial charge in [-0.3, -0.25) is 0 Å². The van der Waals surface area contributed by atoms with Gasteiger partial charge in [-0.15, -0.1) is 0 Å². The van der Waals surface area contributed by atoms with Crippen molar-refractivity contribution in [2.45, 2.75) is 132 Å². The Morgan fingerprint density at radius 1 is 0.933 bits per heavy atom. The second-order valence-corrected chi connectivity index (χ2v) is 13.6. The van der Waals surface area contributed by atoms with Gasteiger partial charge in [-0.05, 0) is 96.7 Å². The summed E-state index contributed by atoms with van der Waals surface area (Å²) in [6, 6.07) is 0. The third kappa shape index (κ3) is 2.96. The van der Waals surface area contributed by atoms with E-state index in [1.807, 2.05) is 0 Å². The summed E-state index contributed by atoms with van der Waals surface area (Å²) in [5.41, 5.74) is 3.67. The van der Waals surface area contributed by atoms with Crippen LogP contribution in [0.2, 0.25) is 0 Å². The maximum atomic E-state index is 10.4.